The van der Waals surface area contributed by atoms with E-state index in [0.717, 1.165) is 43.1 Å². The molecule has 0 radical (unpaired) electrons. The maximum Gasteiger partial charge on any atom is 0.252 e. The fourth-order valence-electron chi connectivity index (χ4n) is 4.69. The van der Waals surface area contributed by atoms with Gasteiger partial charge in [-0.05, 0) is 75.9 Å². The minimum absolute atomic E-state index is 0.0345. The van der Waals surface area contributed by atoms with Crippen molar-refractivity contribution < 1.29 is 9.53 Å². The van der Waals surface area contributed by atoms with E-state index in [4.69, 9.17) is 4.74 Å². The van der Waals surface area contributed by atoms with Crippen molar-refractivity contribution in [2.45, 2.75) is 64.8 Å². The maximum absolute atomic E-state index is 12.7. The van der Waals surface area contributed by atoms with E-state index < -0.39 is 0 Å². The molecule has 5 heteroatoms. The van der Waals surface area contributed by atoms with Crippen LogP contribution in [0.1, 0.15) is 44.7 Å². The minimum Gasteiger partial charge on any atom is -0.491 e. The van der Waals surface area contributed by atoms with Crippen molar-refractivity contribution in [1.82, 2.24) is 9.88 Å². The molecule has 0 saturated carbocycles. The molecule has 1 spiro atoms. The summed E-state index contributed by atoms with van der Waals surface area (Å²) in [5.74, 6) is 1.71. The SMILES string of the molecule is Cc1ccnc(N2C(=O)C=C[C@]23CCN(Cc2cccc(OC(C)C)c2)[C@@H](C)C3)c1. The summed E-state index contributed by atoms with van der Waals surface area (Å²) in [4.78, 5) is 21.6. The smallest absolute Gasteiger partial charge is 0.252 e. The Balaban J connectivity index is 1.50. The molecular weight excluding hydrogens is 374 g/mol. The van der Waals surface area contributed by atoms with Crippen LogP contribution in [0.15, 0.2) is 54.7 Å². The zero-order valence-electron chi connectivity index (χ0n) is 18.3. The molecule has 3 heterocycles. The van der Waals surface area contributed by atoms with Gasteiger partial charge in [-0.25, -0.2) is 4.98 Å². The molecule has 1 saturated heterocycles. The first-order valence-electron chi connectivity index (χ1n) is 10.8. The number of piperidine rings is 1. The molecule has 158 valence electrons. The third kappa shape index (κ3) is 4.12. The number of carbonyl (C=O) groups is 1. The number of amides is 1. The molecule has 1 aromatic carbocycles. The highest BCUT2D eigenvalue weighted by molar-refractivity contribution is 6.05. The fraction of sp³-hybridized carbons (Fsp3) is 0.440. The van der Waals surface area contributed by atoms with Gasteiger partial charge in [0.1, 0.15) is 11.6 Å². The van der Waals surface area contributed by atoms with E-state index in [-0.39, 0.29) is 17.6 Å². The first-order valence-corrected chi connectivity index (χ1v) is 10.8. The molecule has 1 aromatic heterocycles. The summed E-state index contributed by atoms with van der Waals surface area (Å²) in [6, 6.07) is 12.7. The van der Waals surface area contributed by atoms with Crippen molar-refractivity contribution in [3.63, 3.8) is 0 Å². The average molecular weight is 406 g/mol. The van der Waals surface area contributed by atoms with E-state index in [0.29, 0.717) is 6.04 Å². The van der Waals surface area contributed by atoms with Crippen LogP contribution in [0.3, 0.4) is 0 Å². The second-order valence-corrected chi connectivity index (χ2v) is 8.89. The Morgan fingerprint density at radius 3 is 2.83 bits per heavy atom. The Labute approximate surface area is 179 Å². The van der Waals surface area contributed by atoms with E-state index in [9.17, 15) is 4.79 Å². The number of rotatable bonds is 5. The first-order chi connectivity index (χ1) is 14.4. The molecule has 2 aliphatic heterocycles. The number of aromatic nitrogens is 1. The topological polar surface area (TPSA) is 45.7 Å². The lowest BCUT2D eigenvalue weighted by molar-refractivity contribution is -0.114. The number of aryl methyl sites for hydroxylation is 1. The van der Waals surface area contributed by atoms with Crippen molar-refractivity contribution >= 4 is 11.7 Å². The number of hydrogen-bond acceptors (Lipinski definition) is 4. The van der Waals surface area contributed by atoms with Gasteiger partial charge >= 0.3 is 0 Å². The Morgan fingerprint density at radius 2 is 2.10 bits per heavy atom. The van der Waals surface area contributed by atoms with Crippen molar-refractivity contribution in [2.75, 3.05) is 11.4 Å². The summed E-state index contributed by atoms with van der Waals surface area (Å²) < 4.78 is 5.85. The second-order valence-electron chi connectivity index (χ2n) is 8.89. The number of nitrogens with zero attached hydrogens (tertiary/aromatic N) is 3. The van der Waals surface area contributed by atoms with Crippen molar-refractivity contribution in [3.05, 3.63) is 65.9 Å². The largest absolute Gasteiger partial charge is 0.491 e. The molecule has 1 amide bonds. The summed E-state index contributed by atoms with van der Waals surface area (Å²) >= 11 is 0. The van der Waals surface area contributed by atoms with Crippen LogP contribution in [0.5, 0.6) is 5.75 Å². The molecule has 5 nitrogen and oxygen atoms in total. The lowest BCUT2D eigenvalue weighted by atomic mass is 9.83. The predicted molar refractivity (Wildman–Crippen MR) is 120 cm³/mol. The molecule has 30 heavy (non-hydrogen) atoms. The lowest BCUT2D eigenvalue weighted by Gasteiger charge is -2.47. The zero-order chi connectivity index (χ0) is 21.3. The quantitative estimate of drug-likeness (QED) is 0.735. The van der Waals surface area contributed by atoms with E-state index in [2.05, 4.69) is 41.1 Å². The monoisotopic (exact) mass is 405 g/mol. The van der Waals surface area contributed by atoms with E-state index in [1.165, 1.54) is 5.56 Å². The second kappa shape index (κ2) is 8.23. The zero-order valence-corrected chi connectivity index (χ0v) is 18.3. The summed E-state index contributed by atoms with van der Waals surface area (Å²) in [7, 11) is 0. The van der Waals surface area contributed by atoms with Gasteiger partial charge in [-0.3, -0.25) is 14.6 Å². The van der Waals surface area contributed by atoms with Gasteiger partial charge < -0.3 is 4.74 Å². The molecule has 0 unspecified atom stereocenters. The molecule has 0 aliphatic carbocycles. The molecule has 0 bridgehead atoms. The fourth-order valence-corrected chi connectivity index (χ4v) is 4.69. The Kier molecular flexibility index (Phi) is 5.65. The minimum atomic E-state index is -0.281. The highest BCUT2D eigenvalue weighted by Crippen LogP contribution is 2.40. The van der Waals surface area contributed by atoms with Gasteiger partial charge in [0.15, 0.2) is 0 Å². The Hall–Kier alpha value is -2.66. The van der Waals surface area contributed by atoms with E-state index >= 15 is 0 Å². The van der Waals surface area contributed by atoms with Gasteiger partial charge in [0.25, 0.3) is 5.91 Å². The van der Waals surface area contributed by atoms with Gasteiger partial charge in [0.2, 0.25) is 0 Å². The van der Waals surface area contributed by atoms with Crippen LogP contribution < -0.4 is 9.64 Å². The van der Waals surface area contributed by atoms with Crippen LogP contribution in [0.2, 0.25) is 0 Å². The summed E-state index contributed by atoms with van der Waals surface area (Å²) in [5, 5.41) is 0. The van der Waals surface area contributed by atoms with Crippen LogP contribution in [0.25, 0.3) is 0 Å². The number of likely N-dealkylation sites (tertiary alicyclic amines) is 1. The van der Waals surface area contributed by atoms with Crippen LogP contribution in [0, 0.1) is 6.92 Å². The third-order valence-electron chi connectivity index (χ3n) is 6.09. The summed E-state index contributed by atoms with van der Waals surface area (Å²) in [6.45, 7) is 10.2. The molecule has 0 N–H and O–H groups in total. The Bertz CT molecular complexity index is 955. The standard InChI is InChI=1S/C25H31N3O2/c1-18(2)30-22-7-5-6-21(15-22)17-27-13-11-25(16-20(27)4)10-8-24(29)28(25)23-14-19(3)9-12-26-23/h5-10,12,14-15,18,20H,11,13,16-17H2,1-4H3/t20-,25+/m0/s1. The van der Waals surface area contributed by atoms with E-state index in [1.807, 2.05) is 43.9 Å². The lowest BCUT2D eigenvalue weighted by Crippen LogP contribution is -2.56. The number of pyridine rings is 1. The molecule has 4 rings (SSSR count). The number of benzene rings is 1. The summed E-state index contributed by atoms with van der Waals surface area (Å²) in [5.41, 5.74) is 2.09. The number of carbonyl (C=O) groups excluding carboxylic acids is 1. The van der Waals surface area contributed by atoms with Crippen LogP contribution in [-0.2, 0) is 11.3 Å². The number of anilines is 1. The van der Waals surface area contributed by atoms with Gasteiger partial charge in [0.05, 0.1) is 11.6 Å². The normalized spacial score (nSPS) is 24.2. The molecule has 2 atom stereocenters. The highest BCUT2D eigenvalue weighted by atomic mass is 16.5. The first kappa shape index (κ1) is 20.6. The van der Waals surface area contributed by atoms with Crippen molar-refractivity contribution in [1.29, 1.82) is 0 Å². The van der Waals surface area contributed by atoms with Crippen LogP contribution in [0.4, 0.5) is 5.82 Å². The van der Waals surface area contributed by atoms with E-state index in [1.54, 1.807) is 12.3 Å². The van der Waals surface area contributed by atoms with Crippen LogP contribution in [-0.4, -0.2) is 40.0 Å². The van der Waals surface area contributed by atoms with Gasteiger partial charge in [0, 0.05) is 31.4 Å². The molecular formula is C25H31N3O2. The Morgan fingerprint density at radius 1 is 1.27 bits per heavy atom. The maximum atomic E-state index is 12.7. The number of hydrogen-bond donors (Lipinski definition) is 0. The number of ether oxygens (including phenoxy) is 1. The highest BCUT2D eigenvalue weighted by Gasteiger charge is 2.46. The molecule has 2 aromatic rings. The van der Waals surface area contributed by atoms with Gasteiger partial charge in [-0.2, -0.15) is 0 Å². The average Bonchev–Trinajstić information content (AvgIpc) is 2.99. The molecule has 2 aliphatic rings. The van der Waals surface area contributed by atoms with Crippen molar-refractivity contribution in [2.24, 2.45) is 0 Å². The summed E-state index contributed by atoms with van der Waals surface area (Å²) in [6.07, 6.45) is 7.57. The van der Waals surface area contributed by atoms with Crippen LogP contribution >= 0.6 is 0 Å². The van der Waals surface area contributed by atoms with Gasteiger partial charge in [-0.15, -0.1) is 0 Å². The molecule has 1 fully saturated rings. The van der Waals surface area contributed by atoms with Crippen molar-refractivity contribution in [3.8, 4) is 5.75 Å². The van der Waals surface area contributed by atoms with Gasteiger partial charge in [-0.1, -0.05) is 18.2 Å². The third-order valence-corrected chi connectivity index (χ3v) is 6.09. The predicted octanol–water partition coefficient (Wildman–Crippen LogP) is 4.50.